The van der Waals surface area contributed by atoms with E-state index in [9.17, 15) is 0 Å². The van der Waals surface area contributed by atoms with Crippen LogP contribution in [0.1, 0.15) is 36.7 Å². The number of hydrogen-bond acceptors (Lipinski definition) is 4. The number of rotatable bonds is 4. The molecule has 0 radical (unpaired) electrons. The summed E-state index contributed by atoms with van der Waals surface area (Å²) in [5.41, 5.74) is 9.44. The first-order chi connectivity index (χ1) is 8.99. The average molecular weight is 279 g/mol. The molecule has 2 heterocycles. The standard InChI is InChI=1S/C14H21N3OS/c1-8-7-11(13(14(15)19)10(3)16-8)17-9(2)12-5-4-6-18-12/h7,9,12H,4-6H2,1-3H3,(H2,15,19)(H,16,17). The van der Waals surface area contributed by atoms with Crippen LogP contribution in [-0.2, 0) is 4.74 Å². The number of aromatic nitrogens is 1. The highest BCUT2D eigenvalue weighted by Gasteiger charge is 2.23. The lowest BCUT2D eigenvalue weighted by molar-refractivity contribution is 0.0996. The SMILES string of the molecule is Cc1cc(NC(C)C2CCCO2)c(C(N)=S)c(C)n1. The van der Waals surface area contributed by atoms with Crippen molar-refractivity contribution >= 4 is 22.9 Å². The number of ether oxygens (including phenoxy) is 1. The molecule has 0 aliphatic carbocycles. The Labute approximate surface area is 119 Å². The van der Waals surface area contributed by atoms with Crippen molar-refractivity contribution in [2.24, 2.45) is 5.73 Å². The topological polar surface area (TPSA) is 60.2 Å². The van der Waals surface area contributed by atoms with E-state index >= 15 is 0 Å². The second-order valence-corrected chi connectivity index (χ2v) is 5.56. The molecule has 104 valence electrons. The van der Waals surface area contributed by atoms with E-state index in [0.717, 1.165) is 42.1 Å². The second-order valence-electron chi connectivity index (χ2n) is 5.12. The van der Waals surface area contributed by atoms with Gasteiger partial charge in [0, 0.05) is 29.7 Å². The molecule has 1 aliphatic heterocycles. The third kappa shape index (κ3) is 3.22. The van der Waals surface area contributed by atoms with Crippen LogP contribution in [0.5, 0.6) is 0 Å². The average Bonchev–Trinajstić information content (AvgIpc) is 2.80. The highest BCUT2D eigenvalue weighted by Crippen LogP contribution is 2.24. The van der Waals surface area contributed by atoms with Crippen LogP contribution in [0.2, 0.25) is 0 Å². The van der Waals surface area contributed by atoms with Gasteiger partial charge in [-0.3, -0.25) is 4.98 Å². The Hall–Kier alpha value is -1.20. The van der Waals surface area contributed by atoms with E-state index in [4.69, 9.17) is 22.7 Å². The lowest BCUT2D eigenvalue weighted by Crippen LogP contribution is -2.31. The Morgan fingerprint density at radius 1 is 1.58 bits per heavy atom. The summed E-state index contributed by atoms with van der Waals surface area (Å²) in [4.78, 5) is 4.80. The second kappa shape index (κ2) is 5.84. The Morgan fingerprint density at radius 2 is 2.32 bits per heavy atom. The van der Waals surface area contributed by atoms with Crippen LogP contribution in [-0.4, -0.2) is 28.7 Å². The normalized spacial score (nSPS) is 20.3. The Kier molecular flexibility index (Phi) is 4.37. The molecule has 3 N–H and O–H groups in total. The lowest BCUT2D eigenvalue weighted by atomic mass is 10.1. The van der Waals surface area contributed by atoms with Crippen LogP contribution in [0.25, 0.3) is 0 Å². The third-order valence-corrected chi connectivity index (χ3v) is 3.68. The van der Waals surface area contributed by atoms with Gasteiger partial charge in [-0.05, 0) is 39.7 Å². The van der Waals surface area contributed by atoms with Crippen LogP contribution in [0.3, 0.4) is 0 Å². The molecule has 1 aromatic rings. The Bertz CT molecular complexity index is 484. The van der Waals surface area contributed by atoms with Gasteiger partial charge in [0.2, 0.25) is 0 Å². The zero-order chi connectivity index (χ0) is 14.0. The summed E-state index contributed by atoms with van der Waals surface area (Å²) in [5.74, 6) is 0. The maximum absolute atomic E-state index is 5.81. The van der Waals surface area contributed by atoms with E-state index in [1.165, 1.54) is 0 Å². The van der Waals surface area contributed by atoms with E-state index < -0.39 is 0 Å². The minimum atomic E-state index is 0.233. The summed E-state index contributed by atoms with van der Waals surface area (Å²) in [6.07, 6.45) is 2.49. The van der Waals surface area contributed by atoms with Gasteiger partial charge in [0.1, 0.15) is 4.99 Å². The molecule has 2 unspecified atom stereocenters. The maximum Gasteiger partial charge on any atom is 0.107 e. The van der Waals surface area contributed by atoms with E-state index in [-0.39, 0.29) is 12.1 Å². The predicted octanol–water partition coefficient (Wildman–Crippen LogP) is 2.31. The minimum Gasteiger partial charge on any atom is -0.389 e. The highest BCUT2D eigenvalue weighted by atomic mass is 32.1. The van der Waals surface area contributed by atoms with Gasteiger partial charge >= 0.3 is 0 Å². The number of nitrogens with one attached hydrogen (secondary N) is 1. The number of hydrogen-bond donors (Lipinski definition) is 2. The van der Waals surface area contributed by atoms with Crippen molar-refractivity contribution in [3.05, 3.63) is 23.0 Å². The van der Waals surface area contributed by atoms with Crippen molar-refractivity contribution < 1.29 is 4.74 Å². The zero-order valence-corrected chi connectivity index (χ0v) is 12.5. The molecule has 5 heteroatoms. The number of pyridine rings is 1. The number of nitrogens with zero attached hydrogens (tertiary/aromatic N) is 1. The van der Waals surface area contributed by atoms with Gasteiger partial charge in [-0.15, -0.1) is 0 Å². The smallest absolute Gasteiger partial charge is 0.107 e. The van der Waals surface area contributed by atoms with Gasteiger partial charge in [-0.25, -0.2) is 0 Å². The summed E-state index contributed by atoms with van der Waals surface area (Å²) in [5, 5.41) is 3.48. The van der Waals surface area contributed by atoms with Crippen LogP contribution < -0.4 is 11.1 Å². The zero-order valence-electron chi connectivity index (χ0n) is 11.7. The van der Waals surface area contributed by atoms with Gasteiger partial charge in [0.25, 0.3) is 0 Å². The molecule has 0 spiro atoms. The monoisotopic (exact) mass is 279 g/mol. The molecular weight excluding hydrogens is 258 g/mol. The fourth-order valence-electron chi connectivity index (χ4n) is 2.59. The number of aryl methyl sites for hydroxylation is 2. The summed E-state index contributed by atoms with van der Waals surface area (Å²) >= 11 is 5.13. The largest absolute Gasteiger partial charge is 0.389 e. The molecule has 1 aliphatic rings. The fraction of sp³-hybridized carbons (Fsp3) is 0.571. The van der Waals surface area contributed by atoms with Crippen LogP contribution >= 0.6 is 12.2 Å². The van der Waals surface area contributed by atoms with E-state index in [0.29, 0.717) is 4.99 Å². The fourth-order valence-corrected chi connectivity index (χ4v) is 2.85. The highest BCUT2D eigenvalue weighted by molar-refractivity contribution is 7.80. The predicted molar refractivity (Wildman–Crippen MR) is 81.7 cm³/mol. The molecule has 1 saturated heterocycles. The van der Waals surface area contributed by atoms with Crippen molar-refractivity contribution in [3.8, 4) is 0 Å². The van der Waals surface area contributed by atoms with Crippen molar-refractivity contribution in [1.29, 1.82) is 0 Å². The molecule has 2 rings (SSSR count). The summed E-state index contributed by atoms with van der Waals surface area (Å²) in [6, 6.07) is 2.23. The molecule has 1 fully saturated rings. The third-order valence-electron chi connectivity index (χ3n) is 3.48. The van der Waals surface area contributed by atoms with Crippen molar-refractivity contribution in [3.63, 3.8) is 0 Å². The molecule has 0 aromatic carbocycles. The molecule has 1 aromatic heterocycles. The van der Waals surface area contributed by atoms with Gasteiger partial charge in [0.05, 0.1) is 11.7 Å². The lowest BCUT2D eigenvalue weighted by Gasteiger charge is -2.23. The van der Waals surface area contributed by atoms with Gasteiger partial charge < -0.3 is 15.8 Å². The van der Waals surface area contributed by atoms with Gasteiger partial charge in [-0.1, -0.05) is 12.2 Å². The summed E-state index contributed by atoms with van der Waals surface area (Å²) < 4.78 is 5.71. The Balaban J connectivity index is 2.25. The van der Waals surface area contributed by atoms with Crippen molar-refractivity contribution in [2.45, 2.75) is 45.8 Å². The first-order valence-electron chi connectivity index (χ1n) is 6.65. The maximum atomic E-state index is 5.81. The molecule has 0 amide bonds. The first kappa shape index (κ1) is 14.2. The van der Waals surface area contributed by atoms with Crippen molar-refractivity contribution in [2.75, 3.05) is 11.9 Å². The minimum absolute atomic E-state index is 0.233. The molecule has 19 heavy (non-hydrogen) atoms. The number of thiocarbonyl (C=S) groups is 1. The summed E-state index contributed by atoms with van der Waals surface area (Å²) in [6.45, 7) is 6.89. The first-order valence-corrected chi connectivity index (χ1v) is 7.06. The number of nitrogens with two attached hydrogens (primary N) is 1. The van der Waals surface area contributed by atoms with Crippen molar-refractivity contribution in [1.82, 2.24) is 4.98 Å². The van der Waals surface area contributed by atoms with E-state index in [1.807, 2.05) is 19.9 Å². The van der Waals surface area contributed by atoms with Gasteiger partial charge in [0.15, 0.2) is 0 Å². The van der Waals surface area contributed by atoms with Gasteiger partial charge in [-0.2, -0.15) is 0 Å². The molecule has 2 atom stereocenters. The number of anilines is 1. The quantitative estimate of drug-likeness (QED) is 0.828. The van der Waals surface area contributed by atoms with E-state index in [2.05, 4.69) is 17.2 Å². The van der Waals surface area contributed by atoms with Crippen LogP contribution in [0, 0.1) is 13.8 Å². The molecule has 4 nitrogen and oxygen atoms in total. The molecule has 0 bridgehead atoms. The van der Waals surface area contributed by atoms with E-state index in [1.54, 1.807) is 0 Å². The molecular formula is C14H21N3OS. The van der Waals surface area contributed by atoms with Crippen LogP contribution in [0.15, 0.2) is 6.07 Å². The Morgan fingerprint density at radius 3 is 2.89 bits per heavy atom. The molecule has 0 saturated carbocycles. The summed E-state index contributed by atoms with van der Waals surface area (Å²) in [7, 11) is 0. The van der Waals surface area contributed by atoms with Crippen LogP contribution in [0.4, 0.5) is 5.69 Å².